The molecule has 2 aliphatic rings. The lowest BCUT2D eigenvalue weighted by molar-refractivity contribution is -0.0141. The monoisotopic (exact) mass is 818 g/mol. The molecule has 2 saturated heterocycles. The van der Waals surface area contributed by atoms with E-state index in [0.717, 1.165) is 74.6 Å². The van der Waals surface area contributed by atoms with Gasteiger partial charge in [-0.1, -0.05) is 62.9 Å². The Morgan fingerprint density at radius 3 is 1.58 bits per heavy atom. The largest absolute Gasteiger partial charge is 0.478 e. The number of nitriles is 1. The summed E-state index contributed by atoms with van der Waals surface area (Å²) in [6.45, 7) is 13.2. The molecular weight excluding hydrogens is 757 g/mol. The summed E-state index contributed by atoms with van der Waals surface area (Å²) in [4.78, 5) is 34.1. The summed E-state index contributed by atoms with van der Waals surface area (Å²) in [7, 11) is 3.84. The van der Waals surface area contributed by atoms with Crippen molar-refractivity contribution in [2.24, 2.45) is 0 Å². The number of rotatable bonds is 14. The van der Waals surface area contributed by atoms with Crippen LogP contribution < -0.4 is 9.80 Å². The van der Waals surface area contributed by atoms with Gasteiger partial charge in [-0.05, 0) is 98.7 Å². The molecule has 2 heterocycles. The van der Waals surface area contributed by atoms with Gasteiger partial charge >= 0.3 is 11.9 Å². The molecule has 0 saturated carbocycles. The maximum absolute atomic E-state index is 11.0. The Kier molecular flexibility index (Phi) is 18.3. The predicted molar refractivity (Wildman–Crippen MR) is 239 cm³/mol. The Morgan fingerprint density at radius 1 is 0.700 bits per heavy atom. The summed E-state index contributed by atoms with van der Waals surface area (Å²) >= 11 is 0. The SMILES string of the molecule is C.C.CN(CC1(O)CCN(CCc2ccccc2C#N)CC1)c1ccc(C(=O)O)cc1.[C-]#[N+]c1cccc(CCN2CCC(O)(CN(C)c3ccc(C(=O)O)cc3)CC2)c1. The fourth-order valence-corrected chi connectivity index (χ4v) is 7.68. The van der Waals surface area contributed by atoms with Gasteiger partial charge in [-0.3, -0.25) is 0 Å². The van der Waals surface area contributed by atoms with Crippen molar-refractivity contribution in [3.63, 3.8) is 0 Å². The lowest BCUT2D eigenvalue weighted by atomic mass is 9.90. The normalized spacial score (nSPS) is 15.6. The second-order valence-electron chi connectivity index (χ2n) is 15.6. The first-order valence-corrected chi connectivity index (χ1v) is 19.7. The Bertz CT molecular complexity index is 2060. The van der Waals surface area contributed by atoms with Crippen LogP contribution in [0.3, 0.4) is 0 Å². The van der Waals surface area contributed by atoms with Gasteiger partial charge in [0.2, 0.25) is 0 Å². The fraction of sp³-hybridized carbons (Fsp3) is 0.417. The highest BCUT2D eigenvalue weighted by molar-refractivity contribution is 5.88. The molecule has 0 aromatic heterocycles. The second kappa shape index (κ2) is 22.6. The van der Waals surface area contributed by atoms with Gasteiger partial charge in [0, 0.05) is 77.8 Å². The number of carboxylic acid groups (broad SMARTS) is 2. The number of anilines is 2. The van der Waals surface area contributed by atoms with E-state index in [0.29, 0.717) is 44.5 Å². The topological polar surface area (TPSA) is 156 Å². The first kappa shape index (κ1) is 48.6. The highest BCUT2D eigenvalue weighted by Crippen LogP contribution is 2.28. The van der Waals surface area contributed by atoms with Crippen LogP contribution in [0.2, 0.25) is 0 Å². The maximum Gasteiger partial charge on any atom is 0.335 e. The molecule has 0 unspecified atom stereocenters. The molecule has 320 valence electrons. The number of carboxylic acids is 2. The zero-order valence-corrected chi connectivity index (χ0v) is 33.4. The van der Waals surface area contributed by atoms with Crippen molar-refractivity contribution in [3.05, 3.63) is 136 Å². The van der Waals surface area contributed by atoms with Crippen LogP contribution in [0.25, 0.3) is 4.85 Å². The zero-order chi connectivity index (χ0) is 41.7. The molecule has 0 spiro atoms. The number of likely N-dealkylation sites (N-methyl/N-ethyl adjacent to an activating group) is 2. The minimum absolute atomic E-state index is 0. The quantitative estimate of drug-likeness (QED) is 0.0937. The van der Waals surface area contributed by atoms with Gasteiger partial charge in [0.15, 0.2) is 5.69 Å². The first-order chi connectivity index (χ1) is 27.8. The average Bonchev–Trinajstić information content (AvgIpc) is 3.23. The van der Waals surface area contributed by atoms with Crippen molar-refractivity contribution in [2.45, 2.75) is 64.6 Å². The van der Waals surface area contributed by atoms with Crippen molar-refractivity contribution in [1.82, 2.24) is 9.80 Å². The molecule has 0 amide bonds. The van der Waals surface area contributed by atoms with Crippen LogP contribution in [0.15, 0.2) is 97.1 Å². The van der Waals surface area contributed by atoms with Gasteiger partial charge in [0.25, 0.3) is 0 Å². The number of nitrogens with zero attached hydrogens (tertiary/aromatic N) is 6. The Labute approximate surface area is 356 Å². The Balaban J connectivity index is 0.000000310. The van der Waals surface area contributed by atoms with E-state index in [2.05, 4.69) is 26.8 Å². The summed E-state index contributed by atoms with van der Waals surface area (Å²) in [5.74, 6) is -1.88. The van der Waals surface area contributed by atoms with E-state index >= 15 is 0 Å². The van der Waals surface area contributed by atoms with Crippen molar-refractivity contribution in [1.29, 1.82) is 5.26 Å². The standard InChI is InChI=1S/2C23H27N3O3.2CH4/c1-24-20-5-3-4-18(16-20)10-13-26-14-11-23(29,12-15-26)17-25(2)21-8-6-19(7-9-21)22(27)28;1-25(21-8-6-19(7-9-21)22(27)28)17-23(29)11-14-26(15-12-23)13-10-18-4-2-3-5-20(18)16-24;;/h3-9,16,29H,10-15,17H2,2H3,(H,27,28);2-9,29H,10-15,17H2,1H3,(H,27,28);2*1H4. The lowest BCUT2D eigenvalue weighted by Crippen LogP contribution is -2.50. The molecule has 4 aromatic carbocycles. The molecule has 2 fully saturated rings. The van der Waals surface area contributed by atoms with Crippen LogP contribution in [0.1, 0.15) is 77.9 Å². The third kappa shape index (κ3) is 13.9. The van der Waals surface area contributed by atoms with Crippen LogP contribution in [-0.4, -0.2) is 120 Å². The van der Waals surface area contributed by atoms with Crippen molar-refractivity contribution in [2.75, 3.05) is 76.3 Å². The summed E-state index contributed by atoms with van der Waals surface area (Å²) in [5, 5.41) is 49.3. The van der Waals surface area contributed by atoms with Crippen LogP contribution in [0, 0.1) is 17.9 Å². The fourth-order valence-electron chi connectivity index (χ4n) is 7.68. The average molecular weight is 819 g/mol. The Morgan fingerprint density at radius 2 is 1.15 bits per heavy atom. The summed E-state index contributed by atoms with van der Waals surface area (Å²) in [5.41, 5.74) is 4.44. The minimum atomic E-state index is -0.942. The molecule has 0 radical (unpaired) electrons. The van der Waals surface area contributed by atoms with Gasteiger partial charge in [-0.25, -0.2) is 14.4 Å². The van der Waals surface area contributed by atoms with Gasteiger partial charge in [0.05, 0.1) is 40.5 Å². The molecule has 4 aromatic rings. The van der Waals surface area contributed by atoms with Gasteiger partial charge in [0.1, 0.15) is 0 Å². The molecule has 2 aliphatic heterocycles. The number of likely N-dealkylation sites (tertiary alicyclic amines) is 2. The van der Waals surface area contributed by atoms with E-state index in [4.69, 9.17) is 16.8 Å². The smallest absolute Gasteiger partial charge is 0.335 e. The molecule has 60 heavy (non-hydrogen) atoms. The van der Waals surface area contributed by atoms with E-state index < -0.39 is 23.1 Å². The van der Waals surface area contributed by atoms with Gasteiger partial charge in [-0.15, -0.1) is 0 Å². The maximum atomic E-state index is 11.0. The van der Waals surface area contributed by atoms with Crippen LogP contribution in [0.5, 0.6) is 0 Å². The summed E-state index contributed by atoms with van der Waals surface area (Å²) < 4.78 is 0. The third-order valence-electron chi connectivity index (χ3n) is 11.3. The molecule has 0 aliphatic carbocycles. The summed E-state index contributed by atoms with van der Waals surface area (Å²) in [6, 6.07) is 31.1. The lowest BCUT2D eigenvalue weighted by Gasteiger charge is -2.40. The van der Waals surface area contributed by atoms with Crippen molar-refractivity contribution >= 4 is 29.0 Å². The number of carbonyl (C=O) groups is 2. The Hall–Kier alpha value is -5.76. The molecule has 6 rings (SSSR count). The molecule has 4 N–H and O–H groups in total. The molecule has 12 heteroatoms. The first-order valence-electron chi connectivity index (χ1n) is 19.7. The predicted octanol–water partition coefficient (Wildman–Crippen LogP) is 7.48. The number of hydrogen-bond acceptors (Lipinski definition) is 9. The summed E-state index contributed by atoms with van der Waals surface area (Å²) in [6.07, 6.45) is 4.50. The number of benzene rings is 4. The van der Waals surface area contributed by atoms with Crippen LogP contribution >= 0.6 is 0 Å². The van der Waals surface area contributed by atoms with E-state index in [1.807, 2.05) is 66.4 Å². The number of aliphatic hydroxyl groups is 2. The number of piperidine rings is 2. The second-order valence-corrected chi connectivity index (χ2v) is 15.6. The highest BCUT2D eigenvalue weighted by atomic mass is 16.4. The molecule has 12 nitrogen and oxygen atoms in total. The zero-order valence-electron chi connectivity index (χ0n) is 33.4. The molecule has 0 bridgehead atoms. The third-order valence-corrected chi connectivity index (χ3v) is 11.3. The van der Waals surface area contributed by atoms with E-state index in [-0.39, 0.29) is 26.0 Å². The minimum Gasteiger partial charge on any atom is -0.478 e. The van der Waals surface area contributed by atoms with E-state index in [1.54, 1.807) is 48.5 Å². The highest BCUT2D eigenvalue weighted by Gasteiger charge is 2.34. The van der Waals surface area contributed by atoms with E-state index in [1.165, 1.54) is 5.56 Å². The molecule has 0 atom stereocenters. The van der Waals surface area contributed by atoms with Crippen LogP contribution in [-0.2, 0) is 12.8 Å². The van der Waals surface area contributed by atoms with Gasteiger partial charge < -0.3 is 40.0 Å². The van der Waals surface area contributed by atoms with Crippen molar-refractivity contribution in [3.8, 4) is 6.07 Å². The van der Waals surface area contributed by atoms with Gasteiger partial charge in [-0.2, -0.15) is 5.26 Å². The number of aromatic carboxylic acids is 2. The molecular formula is C48H62N6O6. The van der Waals surface area contributed by atoms with Crippen molar-refractivity contribution < 1.29 is 30.0 Å². The number of hydrogen-bond donors (Lipinski definition) is 4. The van der Waals surface area contributed by atoms with Crippen LogP contribution in [0.4, 0.5) is 17.1 Å². The van der Waals surface area contributed by atoms with E-state index in [9.17, 15) is 25.1 Å².